The molecule has 1 heterocycles. The molecule has 1 aliphatic heterocycles. The van der Waals surface area contributed by atoms with Gasteiger partial charge < -0.3 is 0 Å². The van der Waals surface area contributed by atoms with E-state index in [1.807, 2.05) is 7.11 Å². The summed E-state index contributed by atoms with van der Waals surface area (Å²) in [6.45, 7) is 4.92. The third-order valence-electron chi connectivity index (χ3n) is 4.70. The van der Waals surface area contributed by atoms with Crippen molar-refractivity contribution in [1.29, 1.82) is 0 Å². The van der Waals surface area contributed by atoms with E-state index < -0.39 is 0 Å². The van der Waals surface area contributed by atoms with Crippen molar-refractivity contribution >= 4 is 24.4 Å². The average Bonchev–Trinajstić information content (AvgIpc) is 2.38. The summed E-state index contributed by atoms with van der Waals surface area (Å²) in [5.41, 5.74) is 0. The molecular formula is C15H32InNO. The third kappa shape index (κ3) is 6.29. The molecule has 18 heavy (non-hydrogen) atoms. The minimum atomic E-state index is 0.523. The van der Waals surface area contributed by atoms with Crippen LogP contribution in [0.1, 0.15) is 51.9 Å². The summed E-state index contributed by atoms with van der Waals surface area (Å²) in [4.78, 5) is 2.49. The molecule has 0 radical (unpaired) electrons. The maximum absolute atomic E-state index is 5.54. The van der Waals surface area contributed by atoms with Gasteiger partial charge in [0, 0.05) is 0 Å². The van der Waals surface area contributed by atoms with E-state index in [-0.39, 0.29) is 0 Å². The average molecular weight is 357 g/mol. The first-order valence-electron chi connectivity index (χ1n) is 7.88. The minimum absolute atomic E-state index is 0.523. The molecule has 2 unspecified atom stereocenters. The SMILES string of the molecule is CCCC(CCC[CH]([InH2])C1CCN(C)CC1)OC. The number of likely N-dealkylation sites (tertiary alicyclic amines) is 1. The maximum atomic E-state index is 5.54. The Labute approximate surface area is 128 Å². The molecule has 2 nitrogen and oxygen atoms in total. The predicted molar refractivity (Wildman–Crippen MR) is 82.1 cm³/mol. The number of rotatable bonds is 8. The summed E-state index contributed by atoms with van der Waals surface area (Å²) in [6, 6.07) is 0. The number of ether oxygens (including phenoxy) is 1. The monoisotopic (exact) mass is 357 g/mol. The Morgan fingerprint density at radius 3 is 2.44 bits per heavy atom. The van der Waals surface area contributed by atoms with E-state index in [0.29, 0.717) is 6.10 Å². The quantitative estimate of drug-likeness (QED) is 0.663. The van der Waals surface area contributed by atoms with Crippen molar-refractivity contribution in [2.75, 3.05) is 27.2 Å². The molecule has 0 aromatic heterocycles. The van der Waals surface area contributed by atoms with Crippen LogP contribution in [0.15, 0.2) is 0 Å². The van der Waals surface area contributed by atoms with E-state index in [4.69, 9.17) is 4.74 Å². The van der Waals surface area contributed by atoms with Gasteiger partial charge in [0.05, 0.1) is 0 Å². The second-order valence-corrected chi connectivity index (χ2v) is 10.4. The topological polar surface area (TPSA) is 12.5 Å². The summed E-state index contributed by atoms with van der Waals surface area (Å²) in [5, 5.41) is 0. The van der Waals surface area contributed by atoms with Crippen LogP contribution >= 0.6 is 0 Å². The Hall–Kier alpha value is 0.790. The van der Waals surface area contributed by atoms with Crippen LogP contribution in [0.4, 0.5) is 0 Å². The number of hydrogen-bond acceptors (Lipinski definition) is 2. The molecule has 0 N–H and O–H groups in total. The van der Waals surface area contributed by atoms with Crippen LogP contribution in [0, 0.1) is 5.92 Å². The molecule has 0 aromatic carbocycles. The fourth-order valence-electron chi connectivity index (χ4n) is 3.20. The number of piperidine rings is 1. The van der Waals surface area contributed by atoms with Gasteiger partial charge in [-0.15, -0.1) is 0 Å². The molecule has 0 spiro atoms. The van der Waals surface area contributed by atoms with Crippen LogP contribution < -0.4 is 0 Å². The first kappa shape index (κ1) is 16.8. The second-order valence-electron chi connectivity index (χ2n) is 6.20. The van der Waals surface area contributed by atoms with E-state index in [1.54, 1.807) is 0 Å². The molecule has 106 valence electrons. The van der Waals surface area contributed by atoms with Gasteiger partial charge >= 0.3 is 129 Å². The molecule has 0 aromatic rings. The van der Waals surface area contributed by atoms with Gasteiger partial charge in [0.25, 0.3) is 0 Å². The molecule has 0 bridgehead atoms. The molecule has 0 amide bonds. The number of nitrogens with zero attached hydrogens (tertiary/aromatic N) is 1. The van der Waals surface area contributed by atoms with Gasteiger partial charge in [0.1, 0.15) is 0 Å². The van der Waals surface area contributed by atoms with Crippen molar-refractivity contribution < 1.29 is 4.74 Å². The summed E-state index contributed by atoms with van der Waals surface area (Å²) in [7, 11) is 4.14. The third-order valence-corrected chi connectivity index (χ3v) is 9.04. The Bertz CT molecular complexity index is 205. The van der Waals surface area contributed by atoms with E-state index in [1.165, 1.54) is 58.0 Å². The zero-order valence-electron chi connectivity index (χ0n) is 13.0. The molecule has 1 rings (SSSR count). The second kappa shape index (κ2) is 9.66. The van der Waals surface area contributed by atoms with Gasteiger partial charge in [-0.1, -0.05) is 0 Å². The van der Waals surface area contributed by atoms with Crippen molar-refractivity contribution in [3.63, 3.8) is 0 Å². The Morgan fingerprint density at radius 1 is 1.22 bits per heavy atom. The van der Waals surface area contributed by atoms with Gasteiger partial charge in [-0.25, -0.2) is 0 Å². The van der Waals surface area contributed by atoms with Crippen LogP contribution in [0.25, 0.3) is 0 Å². The fourth-order valence-corrected chi connectivity index (χ4v) is 6.27. The summed E-state index contributed by atoms with van der Waals surface area (Å²) in [6.07, 6.45) is 10.1. The Kier molecular flexibility index (Phi) is 9.04. The Balaban J connectivity index is 2.14. The molecule has 0 saturated carbocycles. The van der Waals surface area contributed by atoms with Crippen molar-refractivity contribution in [3.8, 4) is 0 Å². The van der Waals surface area contributed by atoms with Gasteiger partial charge in [-0.05, 0) is 0 Å². The van der Waals surface area contributed by atoms with Gasteiger partial charge in [0.2, 0.25) is 0 Å². The first-order valence-corrected chi connectivity index (χ1v) is 11.2. The molecule has 3 heteroatoms. The number of hydrogen-bond donors (Lipinski definition) is 0. The van der Waals surface area contributed by atoms with Crippen molar-refractivity contribution in [3.05, 3.63) is 0 Å². The van der Waals surface area contributed by atoms with Crippen LogP contribution in [-0.4, -0.2) is 62.6 Å². The zero-order valence-corrected chi connectivity index (χ0v) is 18.7. The Morgan fingerprint density at radius 2 is 1.89 bits per heavy atom. The van der Waals surface area contributed by atoms with Crippen LogP contribution in [0.5, 0.6) is 0 Å². The van der Waals surface area contributed by atoms with E-state index >= 15 is 0 Å². The molecule has 0 aliphatic carbocycles. The van der Waals surface area contributed by atoms with Gasteiger partial charge in [-0.3, -0.25) is 0 Å². The van der Waals surface area contributed by atoms with Crippen molar-refractivity contribution in [2.24, 2.45) is 5.92 Å². The first-order chi connectivity index (χ1) is 8.67. The van der Waals surface area contributed by atoms with Crippen LogP contribution in [-0.2, 0) is 4.74 Å². The molecular weight excluding hydrogens is 325 g/mol. The molecule has 1 fully saturated rings. The normalized spacial score (nSPS) is 21.9. The van der Waals surface area contributed by atoms with E-state index in [9.17, 15) is 0 Å². The molecule has 2 atom stereocenters. The summed E-state index contributed by atoms with van der Waals surface area (Å²) < 4.78 is 6.65. The van der Waals surface area contributed by atoms with Gasteiger partial charge in [0.15, 0.2) is 0 Å². The van der Waals surface area contributed by atoms with Crippen molar-refractivity contribution in [2.45, 2.75) is 61.6 Å². The fraction of sp³-hybridized carbons (Fsp3) is 1.00. The zero-order chi connectivity index (χ0) is 13.4. The predicted octanol–water partition coefficient (Wildman–Crippen LogP) is 2.74. The number of methoxy groups -OCH3 is 1. The molecule has 1 aliphatic rings. The van der Waals surface area contributed by atoms with E-state index in [0.717, 1.165) is 34.0 Å². The van der Waals surface area contributed by atoms with Crippen LogP contribution in [0.2, 0.25) is 3.67 Å². The summed E-state index contributed by atoms with van der Waals surface area (Å²) >= 11 is 0.826. The van der Waals surface area contributed by atoms with Gasteiger partial charge in [-0.2, -0.15) is 0 Å². The van der Waals surface area contributed by atoms with Crippen LogP contribution in [0.3, 0.4) is 0 Å². The standard InChI is InChI=1S/C15H30NO.In.2H/c1-4-7-15(17-3)9-6-5-8-14-10-12-16(2)13-11-14;;;/h8,14-15H,4-7,9-13H2,1-3H3;;;. The molecule has 1 saturated heterocycles. The van der Waals surface area contributed by atoms with E-state index in [2.05, 4.69) is 18.9 Å². The summed E-state index contributed by atoms with van der Waals surface area (Å²) in [5.74, 6) is 1.06. The van der Waals surface area contributed by atoms with Crippen molar-refractivity contribution in [1.82, 2.24) is 4.90 Å².